The molecule has 12 heavy (non-hydrogen) atoms. The highest BCUT2D eigenvalue weighted by atomic mass is 79.9. The molecule has 0 N–H and O–H groups in total. The second kappa shape index (κ2) is 4.42. The SMILES string of the molecule is O=S(=O)(CBr)[C@@H]1CCCC[C@H]1Br. The average Bonchev–Trinajstić information content (AvgIpc) is 2.05. The zero-order chi connectivity index (χ0) is 9.19. The first-order chi connectivity index (χ1) is 5.58. The molecular weight excluding hydrogens is 308 g/mol. The van der Waals surface area contributed by atoms with E-state index in [2.05, 4.69) is 31.9 Å². The fourth-order valence-corrected chi connectivity index (χ4v) is 5.40. The van der Waals surface area contributed by atoms with Crippen molar-refractivity contribution in [3.05, 3.63) is 0 Å². The topological polar surface area (TPSA) is 34.1 Å². The van der Waals surface area contributed by atoms with Crippen molar-refractivity contribution >= 4 is 41.7 Å². The van der Waals surface area contributed by atoms with Gasteiger partial charge in [0, 0.05) is 4.83 Å². The van der Waals surface area contributed by atoms with Crippen LogP contribution in [0.5, 0.6) is 0 Å². The van der Waals surface area contributed by atoms with Crippen LogP contribution in [0, 0.1) is 0 Å². The Balaban J connectivity index is 2.72. The van der Waals surface area contributed by atoms with Gasteiger partial charge >= 0.3 is 0 Å². The smallest absolute Gasteiger partial charge is 0.164 e. The van der Waals surface area contributed by atoms with Gasteiger partial charge in [-0.15, -0.1) is 0 Å². The maximum Gasteiger partial charge on any atom is 0.164 e. The van der Waals surface area contributed by atoms with Gasteiger partial charge in [-0.25, -0.2) is 8.42 Å². The lowest BCUT2D eigenvalue weighted by molar-refractivity contribution is 0.499. The molecule has 1 aliphatic carbocycles. The Bertz CT molecular complexity index is 238. The van der Waals surface area contributed by atoms with Gasteiger partial charge in [-0.3, -0.25) is 0 Å². The summed E-state index contributed by atoms with van der Waals surface area (Å²) >= 11 is 6.46. The molecule has 1 rings (SSSR count). The van der Waals surface area contributed by atoms with E-state index in [1.807, 2.05) is 0 Å². The van der Waals surface area contributed by atoms with Gasteiger partial charge in [0.15, 0.2) is 9.84 Å². The van der Waals surface area contributed by atoms with Crippen molar-refractivity contribution in [1.82, 2.24) is 0 Å². The van der Waals surface area contributed by atoms with Crippen molar-refractivity contribution in [3.63, 3.8) is 0 Å². The molecule has 0 aromatic carbocycles. The Morgan fingerprint density at radius 1 is 1.25 bits per heavy atom. The van der Waals surface area contributed by atoms with Crippen LogP contribution in [0.2, 0.25) is 0 Å². The van der Waals surface area contributed by atoms with Crippen molar-refractivity contribution in [2.45, 2.75) is 35.8 Å². The molecule has 2 atom stereocenters. The largest absolute Gasteiger partial charge is 0.228 e. The molecule has 0 spiro atoms. The lowest BCUT2D eigenvalue weighted by Crippen LogP contribution is -2.33. The standard InChI is InChI=1S/C7H12Br2O2S/c8-5-12(10,11)7-4-2-1-3-6(7)9/h6-7H,1-5H2/t6-,7-/m1/s1. The normalized spacial score (nSPS) is 31.8. The summed E-state index contributed by atoms with van der Waals surface area (Å²) in [6.07, 6.45) is 3.98. The highest BCUT2D eigenvalue weighted by molar-refractivity contribution is 9.11. The average molecular weight is 320 g/mol. The Morgan fingerprint density at radius 3 is 2.33 bits per heavy atom. The Hall–Kier alpha value is 0.910. The second-order valence-electron chi connectivity index (χ2n) is 3.11. The summed E-state index contributed by atoms with van der Waals surface area (Å²) in [4.78, 5) is 0.161. The first-order valence-electron chi connectivity index (χ1n) is 3.99. The van der Waals surface area contributed by atoms with Crippen LogP contribution in [0.3, 0.4) is 0 Å². The van der Waals surface area contributed by atoms with Crippen molar-refractivity contribution in [3.8, 4) is 0 Å². The number of sulfone groups is 1. The van der Waals surface area contributed by atoms with E-state index < -0.39 is 9.84 Å². The lowest BCUT2D eigenvalue weighted by atomic mass is 10.0. The molecule has 0 bridgehead atoms. The molecule has 0 saturated heterocycles. The molecule has 2 nitrogen and oxygen atoms in total. The third-order valence-corrected chi connectivity index (χ3v) is 7.39. The van der Waals surface area contributed by atoms with Crippen LogP contribution in [0.4, 0.5) is 0 Å². The van der Waals surface area contributed by atoms with E-state index in [1.165, 1.54) is 0 Å². The summed E-state index contributed by atoms with van der Waals surface area (Å²) in [5.74, 6) is 0. The Kier molecular flexibility index (Phi) is 4.05. The van der Waals surface area contributed by atoms with E-state index in [9.17, 15) is 8.42 Å². The molecule has 0 heterocycles. The molecule has 0 amide bonds. The van der Waals surface area contributed by atoms with Gasteiger partial charge in [-0.1, -0.05) is 44.7 Å². The van der Waals surface area contributed by atoms with Gasteiger partial charge < -0.3 is 0 Å². The van der Waals surface area contributed by atoms with Crippen LogP contribution in [-0.4, -0.2) is 23.2 Å². The van der Waals surface area contributed by atoms with Crippen molar-refractivity contribution in [1.29, 1.82) is 0 Å². The molecular formula is C7H12Br2O2S. The first-order valence-corrected chi connectivity index (χ1v) is 7.75. The Morgan fingerprint density at radius 2 is 1.83 bits per heavy atom. The van der Waals surface area contributed by atoms with Crippen LogP contribution in [0.1, 0.15) is 25.7 Å². The molecule has 1 aliphatic rings. The van der Waals surface area contributed by atoms with Crippen LogP contribution < -0.4 is 0 Å². The molecule has 72 valence electrons. The van der Waals surface area contributed by atoms with Gasteiger partial charge in [-0.05, 0) is 12.8 Å². The van der Waals surface area contributed by atoms with Crippen LogP contribution in [0.15, 0.2) is 0 Å². The molecule has 1 saturated carbocycles. The minimum Gasteiger partial charge on any atom is -0.228 e. The third kappa shape index (κ3) is 2.45. The fraction of sp³-hybridized carbons (Fsp3) is 1.00. The molecule has 5 heteroatoms. The molecule has 0 aliphatic heterocycles. The summed E-state index contributed by atoms with van der Waals surface area (Å²) in [5.41, 5.74) is 0. The fourth-order valence-electron chi connectivity index (χ4n) is 1.54. The van der Waals surface area contributed by atoms with E-state index in [1.54, 1.807) is 0 Å². The monoisotopic (exact) mass is 318 g/mol. The zero-order valence-electron chi connectivity index (χ0n) is 6.67. The maximum absolute atomic E-state index is 11.5. The van der Waals surface area contributed by atoms with E-state index in [0.717, 1.165) is 25.7 Å². The lowest BCUT2D eigenvalue weighted by Gasteiger charge is -2.26. The highest BCUT2D eigenvalue weighted by Crippen LogP contribution is 2.30. The van der Waals surface area contributed by atoms with Crippen LogP contribution >= 0.6 is 31.9 Å². The minimum absolute atomic E-state index is 0.0900. The summed E-state index contributed by atoms with van der Waals surface area (Å²) in [6.45, 7) is 0. The van der Waals surface area contributed by atoms with Gasteiger partial charge in [-0.2, -0.15) is 0 Å². The number of hydrogen-bond donors (Lipinski definition) is 0. The molecule has 0 radical (unpaired) electrons. The summed E-state index contributed by atoms with van der Waals surface area (Å²) in [5, 5.41) is -0.175. The molecule has 0 unspecified atom stereocenters. The molecule has 0 aromatic rings. The van der Waals surface area contributed by atoms with Gasteiger partial charge in [0.05, 0.1) is 5.25 Å². The number of hydrogen-bond acceptors (Lipinski definition) is 2. The van der Waals surface area contributed by atoms with Crippen molar-refractivity contribution in [2.75, 3.05) is 4.66 Å². The van der Waals surface area contributed by atoms with Crippen LogP contribution in [-0.2, 0) is 9.84 Å². The quantitative estimate of drug-likeness (QED) is 0.733. The van der Waals surface area contributed by atoms with E-state index in [0.29, 0.717) is 0 Å². The predicted molar refractivity (Wildman–Crippen MR) is 57.7 cm³/mol. The highest BCUT2D eigenvalue weighted by Gasteiger charge is 2.32. The number of alkyl halides is 2. The molecule has 0 aromatic heterocycles. The number of halogens is 2. The first kappa shape index (κ1) is 11.0. The maximum atomic E-state index is 11.5. The van der Waals surface area contributed by atoms with Gasteiger partial charge in [0.25, 0.3) is 0 Å². The Labute approximate surface area is 90.3 Å². The summed E-state index contributed by atoms with van der Waals surface area (Å²) in [6, 6.07) is 0. The van der Waals surface area contributed by atoms with Crippen molar-refractivity contribution in [2.24, 2.45) is 0 Å². The second-order valence-corrected chi connectivity index (χ2v) is 7.81. The third-order valence-electron chi connectivity index (χ3n) is 2.24. The minimum atomic E-state index is -2.90. The molecule has 1 fully saturated rings. The van der Waals surface area contributed by atoms with E-state index in [4.69, 9.17) is 0 Å². The van der Waals surface area contributed by atoms with Gasteiger partial charge in [0.2, 0.25) is 0 Å². The van der Waals surface area contributed by atoms with Crippen molar-refractivity contribution < 1.29 is 8.42 Å². The summed E-state index contributed by atoms with van der Waals surface area (Å²) < 4.78 is 23.1. The van der Waals surface area contributed by atoms with E-state index in [-0.39, 0.29) is 14.7 Å². The summed E-state index contributed by atoms with van der Waals surface area (Å²) in [7, 11) is -2.90. The van der Waals surface area contributed by atoms with Crippen LogP contribution in [0.25, 0.3) is 0 Å². The predicted octanol–water partition coefficient (Wildman–Crippen LogP) is 2.46. The zero-order valence-corrected chi connectivity index (χ0v) is 10.7. The van der Waals surface area contributed by atoms with Gasteiger partial charge in [0.1, 0.15) is 4.66 Å². The number of rotatable bonds is 2. The van der Waals surface area contributed by atoms with E-state index >= 15 is 0 Å².